The van der Waals surface area contributed by atoms with Crippen LogP contribution in [0.5, 0.6) is 0 Å². The number of benzene rings is 1. The van der Waals surface area contributed by atoms with Crippen molar-refractivity contribution in [1.29, 1.82) is 0 Å². The smallest absolute Gasteiger partial charge is 0.253 e. The zero-order valence-corrected chi connectivity index (χ0v) is 10.3. The molecule has 0 saturated heterocycles. The van der Waals surface area contributed by atoms with E-state index in [0.29, 0.717) is 18.2 Å². The zero-order chi connectivity index (χ0) is 12.8. The molecule has 1 aromatic rings. The highest BCUT2D eigenvalue weighted by Gasteiger charge is 2.10. The third kappa shape index (κ3) is 4.43. The minimum Gasteiger partial charge on any atom is -0.398 e. The Balaban J connectivity index is 2.49. The van der Waals surface area contributed by atoms with Crippen molar-refractivity contribution in [3.63, 3.8) is 0 Å². The fourth-order valence-corrected chi connectivity index (χ4v) is 1.53. The summed E-state index contributed by atoms with van der Waals surface area (Å²) in [5.41, 5.74) is 6.12. The fourth-order valence-electron chi connectivity index (χ4n) is 1.53. The SMILES string of the molecule is CC(C)CCCNC(=O)c1cc(F)ccc1N. The van der Waals surface area contributed by atoms with Crippen LogP contribution in [0.25, 0.3) is 0 Å². The first kappa shape index (κ1) is 13.5. The minimum atomic E-state index is -0.452. The van der Waals surface area contributed by atoms with Gasteiger partial charge < -0.3 is 11.1 Å². The Morgan fingerprint density at radius 3 is 2.82 bits per heavy atom. The molecule has 1 aromatic carbocycles. The molecule has 0 aromatic heterocycles. The Labute approximate surface area is 101 Å². The predicted molar refractivity (Wildman–Crippen MR) is 67.2 cm³/mol. The molecule has 0 fully saturated rings. The Morgan fingerprint density at radius 2 is 2.18 bits per heavy atom. The van der Waals surface area contributed by atoms with Crippen LogP contribution in [0, 0.1) is 11.7 Å². The quantitative estimate of drug-likeness (QED) is 0.612. The molecule has 94 valence electrons. The Hall–Kier alpha value is -1.58. The van der Waals surface area contributed by atoms with E-state index in [2.05, 4.69) is 19.2 Å². The topological polar surface area (TPSA) is 55.1 Å². The van der Waals surface area contributed by atoms with Gasteiger partial charge in [-0.05, 0) is 37.0 Å². The average Bonchev–Trinajstić information content (AvgIpc) is 2.27. The van der Waals surface area contributed by atoms with E-state index in [1.165, 1.54) is 12.1 Å². The standard InChI is InChI=1S/C13H19FN2O/c1-9(2)4-3-7-16-13(17)11-8-10(14)5-6-12(11)15/h5-6,8-9H,3-4,7,15H2,1-2H3,(H,16,17). The second-order valence-corrected chi connectivity index (χ2v) is 4.52. The van der Waals surface area contributed by atoms with Crippen molar-refractivity contribution in [3.8, 4) is 0 Å². The molecule has 0 aliphatic rings. The van der Waals surface area contributed by atoms with Crippen LogP contribution >= 0.6 is 0 Å². The van der Waals surface area contributed by atoms with E-state index in [0.717, 1.165) is 18.9 Å². The average molecular weight is 238 g/mol. The first-order chi connectivity index (χ1) is 8.00. The van der Waals surface area contributed by atoms with Crippen molar-refractivity contribution in [2.75, 3.05) is 12.3 Å². The number of carbonyl (C=O) groups excluding carboxylic acids is 1. The van der Waals surface area contributed by atoms with Gasteiger partial charge in [-0.3, -0.25) is 4.79 Å². The summed E-state index contributed by atoms with van der Waals surface area (Å²) >= 11 is 0. The monoisotopic (exact) mass is 238 g/mol. The molecular formula is C13H19FN2O. The van der Waals surface area contributed by atoms with Gasteiger partial charge in [0.2, 0.25) is 0 Å². The molecule has 1 rings (SSSR count). The largest absolute Gasteiger partial charge is 0.398 e. The van der Waals surface area contributed by atoms with Crippen molar-refractivity contribution >= 4 is 11.6 Å². The summed E-state index contributed by atoms with van der Waals surface area (Å²) in [6, 6.07) is 3.80. The van der Waals surface area contributed by atoms with Crippen LogP contribution in [-0.2, 0) is 0 Å². The molecular weight excluding hydrogens is 219 g/mol. The fraction of sp³-hybridized carbons (Fsp3) is 0.462. The molecule has 4 heteroatoms. The van der Waals surface area contributed by atoms with E-state index >= 15 is 0 Å². The van der Waals surface area contributed by atoms with Crippen LogP contribution in [0.2, 0.25) is 0 Å². The number of nitrogen functional groups attached to an aromatic ring is 1. The number of hydrogen-bond acceptors (Lipinski definition) is 2. The van der Waals surface area contributed by atoms with Crippen molar-refractivity contribution in [1.82, 2.24) is 5.32 Å². The van der Waals surface area contributed by atoms with Crippen LogP contribution in [0.3, 0.4) is 0 Å². The second kappa shape index (κ2) is 6.23. The molecule has 17 heavy (non-hydrogen) atoms. The minimum absolute atomic E-state index is 0.203. The van der Waals surface area contributed by atoms with Crippen LogP contribution in [0.1, 0.15) is 37.0 Å². The van der Waals surface area contributed by atoms with Gasteiger partial charge in [-0.2, -0.15) is 0 Å². The molecule has 1 amide bonds. The van der Waals surface area contributed by atoms with E-state index in [9.17, 15) is 9.18 Å². The highest BCUT2D eigenvalue weighted by molar-refractivity contribution is 5.99. The van der Waals surface area contributed by atoms with E-state index in [1.54, 1.807) is 0 Å². The summed E-state index contributed by atoms with van der Waals surface area (Å²) < 4.78 is 13.0. The molecule has 0 saturated carbocycles. The first-order valence-corrected chi connectivity index (χ1v) is 5.84. The number of rotatable bonds is 5. The van der Waals surface area contributed by atoms with E-state index in [-0.39, 0.29) is 11.5 Å². The number of nitrogens with one attached hydrogen (secondary N) is 1. The second-order valence-electron chi connectivity index (χ2n) is 4.52. The molecule has 0 heterocycles. The third-order valence-corrected chi connectivity index (χ3v) is 2.50. The summed E-state index contributed by atoms with van der Waals surface area (Å²) in [6.45, 7) is 4.85. The lowest BCUT2D eigenvalue weighted by Gasteiger charge is -2.08. The summed E-state index contributed by atoms with van der Waals surface area (Å²) in [5.74, 6) is -0.150. The van der Waals surface area contributed by atoms with Crippen LogP contribution in [-0.4, -0.2) is 12.5 Å². The summed E-state index contributed by atoms with van der Waals surface area (Å²) in [5, 5.41) is 2.74. The Morgan fingerprint density at radius 1 is 1.47 bits per heavy atom. The van der Waals surface area contributed by atoms with Gasteiger partial charge in [0.1, 0.15) is 5.82 Å². The van der Waals surface area contributed by atoms with Gasteiger partial charge in [0.25, 0.3) is 5.91 Å². The lowest BCUT2D eigenvalue weighted by Crippen LogP contribution is -2.25. The molecule has 0 radical (unpaired) electrons. The van der Waals surface area contributed by atoms with Crippen molar-refractivity contribution in [2.24, 2.45) is 5.92 Å². The Kier molecular flexibility index (Phi) is 4.94. The third-order valence-electron chi connectivity index (χ3n) is 2.50. The highest BCUT2D eigenvalue weighted by atomic mass is 19.1. The summed E-state index contributed by atoms with van der Waals surface area (Å²) in [7, 11) is 0. The maximum absolute atomic E-state index is 13.0. The van der Waals surface area contributed by atoms with Gasteiger partial charge in [-0.15, -0.1) is 0 Å². The molecule has 0 spiro atoms. The normalized spacial score (nSPS) is 10.6. The van der Waals surface area contributed by atoms with Crippen LogP contribution < -0.4 is 11.1 Å². The number of carbonyl (C=O) groups is 1. The van der Waals surface area contributed by atoms with Crippen molar-refractivity contribution in [3.05, 3.63) is 29.6 Å². The van der Waals surface area contributed by atoms with Gasteiger partial charge >= 0.3 is 0 Å². The number of anilines is 1. The van der Waals surface area contributed by atoms with E-state index in [4.69, 9.17) is 5.73 Å². The number of amides is 1. The molecule has 3 nitrogen and oxygen atoms in total. The summed E-state index contributed by atoms with van der Waals surface area (Å²) in [4.78, 5) is 11.7. The lowest BCUT2D eigenvalue weighted by molar-refractivity contribution is 0.0953. The first-order valence-electron chi connectivity index (χ1n) is 5.84. The predicted octanol–water partition coefficient (Wildman–Crippen LogP) is 2.57. The number of halogens is 1. The maximum atomic E-state index is 13.0. The van der Waals surface area contributed by atoms with Crippen LogP contribution in [0.15, 0.2) is 18.2 Å². The molecule has 0 aliphatic carbocycles. The van der Waals surface area contributed by atoms with Gasteiger partial charge in [-0.1, -0.05) is 13.8 Å². The molecule has 0 unspecified atom stereocenters. The lowest BCUT2D eigenvalue weighted by atomic mass is 10.1. The maximum Gasteiger partial charge on any atom is 0.253 e. The van der Waals surface area contributed by atoms with Crippen molar-refractivity contribution < 1.29 is 9.18 Å². The summed E-state index contributed by atoms with van der Waals surface area (Å²) in [6.07, 6.45) is 1.97. The van der Waals surface area contributed by atoms with Gasteiger partial charge in [0.15, 0.2) is 0 Å². The number of nitrogens with two attached hydrogens (primary N) is 1. The van der Waals surface area contributed by atoms with Crippen LogP contribution in [0.4, 0.5) is 10.1 Å². The van der Waals surface area contributed by atoms with Crippen molar-refractivity contribution in [2.45, 2.75) is 26.7 Å². The zero-order valence-electron chi connectivity index (χ0n) is 10.3. The van der Waals surface area contributed by atoms with Gasteiger partial charge in [0, 0.05) is 12.2 Å². The highest BCUT2D eigenvalue weighted by Crippen LogP contribution is 2.13. The Bertz CT molecular complexity index is 391. The van der Waals surface area contributed by atoms with Gasteiger partial charge in [-0.25, -0.2) is 4.39 Å². The molecule has 0 atom stereocenters. The number of hydrogen-bond donors (Lipinski definition) is 2. The molecule has 0 aliphatic heterocycles. The molecule has 3 N–H and O–H groups in total. The van der Waals surface area contributed by atoms with Gasteiger partial charge in [0.05, 0.1) is 5.56 Å². The van der Waals surface area contributed by atoms with E-state index < -0.39 is 5.82 Å². The molecule has 0 bridgehead atoms. The van der Waals surface area contributed by atoms with E-state index in [1.807, 2.05) is 0 Å².